The lowest BCUT2D eigenvalue weighted by atomic mass is 9.87. The highest BCUT2D eigenvalue weighted by Crippen LogP contribution is 2.37. The smallest absolute Gasteiger partial charge is 0.264 e. The zero-order chi connectivity index (χ0) is 26.6. The zero-order valence-corrected chi connectivity index (χ0v) is 22.2. The number of carbonyl (C=O) groups excluding carboxylic acids is 1. The van der Waals surface area contributed by atoms with Crippen LogP contribution in [0.3, 0.4) is 0 Å². The number of amides is 1. The van der Waals surface area contributed by atoms with E-state index in [1.165, 1.54) is 29.1 Å². The molecule has 4 rings (SSSR count). The van der Waals surface area contributed by atoms with Gasteiger partial charge in [0.25, 0.3) is 15.9 Å². The first-order valence-electron chi connectivity index (χ1n) is 12.0. The van der Waals surface area contributed by atoms with Crippen LogP contribution in [0.4, 0.5) is 5.69 Å². The molecule has 0 radical (unpaired) electrons. The summed E-state index contributed by atoms with van der Waals surface area (Å²) in [6.07, 6.45) is -1.02. The van der Waals surface area contributed by atoms with Crippen LogP contribution in [-0.2, 0) is 20.2 Å². The van der Waals surface area contributed by atoms with Gasteiger partial charge in [0.05, 0.1) is 30.8 Å². The van der Waals surface area contributed by atoms with Crippen molar-refractivity contribution in [3.05, 3.63) is 78.4 Å². The molecule has 1 aliphatic rings. The fourth-order valence-corrected chi connectivity index (χ4v) is 5.43. The molecule has 0 bridgehead atoms. The van der Waals surface area contributed by atoms with Crippen LogP contribution in [0.2, 0.25) is 0 Å². The van der Waals surface area contributed by atoms with Crippen LogP contribution in [0.15, 0.2) is 77.7 Å². The van der Waals surface area contributed by atoms with E-state index in [4.69, 9.17) is 14.2 Å². The highest BCUT2D eigenvalue weighted by molar-refractivity contribution is 7.92. The van der Waals surface area contributed by atoms with Gasteiger partial charge < -0.3 is 19.5 Å². The van der Waals surface area contributed by atoms with Crippen molar-refractivity contribution in [1.82, 2.24) is 5.32 Å². The molecule has 196 valence electrons. The van der Waals surface area contributed by atoms with Gasteiger partial charge in [0, 0.05) is 0 Å². The summed E-state index contributed by atoms with van der Waals surface area (Å²) in [5, 5.41) is 2.79. The van der Waals surface area contributed by atoms with E-state index in [9.17, 15) is 13.2 Å². The first-order chi connectivity index (χ1) is 17.6. The third kappa shape index (κ3) is 5.99. The minimum Gasteiger partial charge on any atom is -0.497 e. The quantitative estimate of drug-likeness (QED) is 0.445. The number of nitrogens with one attached hydrogen (secondary N) is 1. The molecule has 8 nitrogen and oxygen atoms in total. The molecule has 0 fully saturated rings. The Morgan fingerprint density at radius 1 is 1.00 bits per heavy atom. The number of sulfonamides is 1. The van der Waals surface area contributed by atoms with Crippen molar-refractivity contribution in [3.8, 4) is 17.2 Å². The lowest BCUT2D eigenvalue weighted by Gasteiger charge is -2.34. The van der Waals surface area contributed by atoms with Gasteiger partial charge >= 0.3 is 0 Å². The first-order valence-corrected chi connectivity index (χ1v) is 13.5. The molecule has 0 saturated heterocycles. The van der Waals surface area contributed by atoms with Gasteiger partial charge in [-0.2, -0.15) is 0 Å². The molecule has 0 unspecified atom stereocenters. The molecule has 1 N–H and O–H groups in total. The number of carbonyl (C=O) groups is 1. The van der Waals surface area contributed by atoms with Crippen LogP contribution in [0.25, 0.3) is 0 Å². The molecule has 1 heterocycles. The van der Waals surface area contributed by atoms with Gasteiger partial charge in [-0.05, 0) is 59.5 Å². The molecule has 0 saturated carbocycles. The summed E-state index contributed by atoms with van der Waals surface area (Å²) < 4.78 is 45.0. The highest BCUT2D eigenvalue weighted by Gasteiger charge is 2.37. The van der Waals surface area contributed by atoms with E-state index in [0.29, 0.717) is 22.9 Å². The molecule has 1 aliphatic heterocycles. The van der Waals surface area contributed by atoms with Crippen LogP contribution >= 0.6 is 0 Å². The van der Waals surface area contributed by atoms with Gasteiger partial charge in [0.15, 0.2) is 6.10 Å². The molecule has 1 atom stereocenters. The summed E-state index contributed by atoms with van der Waals surface area (Å²) >= 11 is 0. The first kappa shape index (κ1) is 26.3. The molecule has 0 aliphatic carbocycles. The number of anilines is 1. The van der Waals surface area contributed by atoms with Crippen LogP contribution < -0.4 is 23.8 Å². The van der Waals surface area contributed by atoms with Crippen LogP contribution in [0.5, 0.6) is 17.2 Å². The molecule has 1 amide bonds. The van der Waals surface area contributed by atoms with E-state index in [1.807, 2.05) is 24.3 Å². The van der Waals surface area contributed by atoms with Gasteiger partial charge in [0.2, 0.25) is 0 Å². The Labute approximate surface area is 218 Å². The van der Waals surface area contributed by atoms with Crippen molar-refractivity contribution in [2.75, 3.05) is 31.1 Å². The number of methoxy groups -OCH3 is 1. The lowest BCUT2D eigenvalue weighted by Crippen LogP contribution is -2.51. The number of rotatable bonds is 8. The van der Waals surface area contributed by atoms with E-state index < -0.39 is 22.0 Å². The predicted molar refractivity (Wildman–Crippen MR) is 142 cm³/mol. The Hall–Kier alpha value is -3.72. The largest absolute Gasteiger partial charge is 0.497 e. The Morgan fingerprint density at radius 2 is 1.65 bits per heavy atom. The lowest BCUT2D eigenvalue weighted by molar-refractivity contribution is -0.127. The summed E-state index contributed by atoms with van der Waals surface area (Å²) in [6, 6.07) is 20.8. The van der Waals surface area contributed by atoms with Gasteiger partial charge in [-0.15, -0.1) is 0 Å². The molecule has 37 heavy (non-hydrogen) atoms. The average molecular weight is 525 g/mol. The SMILES string of the molecule is COc1ccc(S(=O)(=O)N2C[C@@H](C(=O)NCCOc3ccc(C(C)(C)C)cc3)Oc3ccccc32)cc1. The standard InChI is InChI=1S/C28H32N2O6S/c1-28(2,3)20-9-11-22(12-10-20)35-18-17-29-27(31)26-19-30(24-7-5-6-8-25(24)36-26)37(32,33)23-15-13-21(34-4)14-16-23/h5-16,26H,17-19H2,1-4H3,(H,29,31)/t26-/m0/s1. The van der Waals surface area contributed by atoms with E-state index in [-0.39, 0.29) is 30.0 Å². The fraction of sp³-hybridized carbons (Fsp3) is 0.321. The Kier molecular flexibility index (Phi) is 7.63. The number of nitrogens with zero attached hydrogens (tertiary/aromatic N) is 1. The second kappa shape index (κ2) is 10.7. The number of hydrogen-bond acceptors (Lipinski definition) is 6. The van der Waals surface area contributed by atoms with E-state index in [1.54, 1.807) is 36.4 Å². The summed E-state index contributed by atoms with van der Waals surface area (Å²) in [5.74, 6) is 1.16. The molecule has 9 heteroatoms. The van der Waals surface area contributed by atoms with Crippen molar-refractivity contribution in [3.63, 3.8) is 0 Å². The maximum absolute atomic E-state index is 13.5. The van der Waals surface area contributed by atoms with Crippen molar-refractivity contribution in [1.29, 1.82) is 0 Å². The molecule has 0 aromatic heterocycles. The number of hydrogen-bond donors (Lipinski definition) is 1. The Balaban J connectivity index is 1.41. The summed E-state index contributed by atoms with van der Waals surface area (Å²) in [7, 11) is -2.44. The second-order valence-corrected chi connectivity index (χ2v) is 11.6. The van der Waals surface area contributed by atoms with Crippen LogP contribution in [-0.4, -0.2) is 47.2 Å². The number of fused-ring (bicyclic) bond motifs is 1. The maximum Gasteiger partial charge on any atom is 0.264 e. The summed E-state index contributed by atoms with van der Waals surface area (Å²) in [6.45, 7) is 6.78. The van der Waals surface area contributed by atoms with Crippen LogP contribution in [0.1, 0.15) is 26.3 Å². The van der Waals surface area contributed by atoms with Crippen molar-refractivity contribution >= 4 is 21.6 Å². The number of para-hydroxylation sites is 2. The second-order valence-electron chi connectivity index (χ2n) is 9.70. The predicted octanol–water partition coefficient (Wildman–Crippen LogP) is 4.14. The van der Waals surface area contributed by atoms with Crippen molar-refractivity contribution in [2.24, 2.45) is 0 Å². The van der Waals surface area contributed by atoms with E-state index in [2.05, 4.69) is 26.1 Å². The molecular formula is C28H32N2O6S. The number of benzene rings is 3. The Morgan fingerprint density at radius 3 is 2.30 bits per heavy atom. The third-order valence-electron chi connectivity index (χ3n) is 6.07. The minimum absolute atomic E-state index is 0.0554. The van der Waals surface area contributed by atoms with Gasteiger partial charge in [-0.25, -0.2) is 8.42 Å². The average Bonchev–Trinajstić information content (AvgIpc) is 2.90. The number of ether oxygens (including phenoxy) is 3. The van der Waals surface area contributed by atoms with Crippen LogP contribution in [0, 0.1) is 0 Å². The Bertz CT molecular complexity index is 1330. The third-order valence-corrected chi connectivity index (χ3v) is 7.86. The monoisotopic (exact) mass is 524 g/mol. The van der Waals surface area contributed by atoms with Gasteiger partial charge in [0.1, 0.15) is 23.9 Å². The topological polar surface area (TPSA) is 94.2 Å². The highest BCUT2D eigenvalue weighted by atomic mass is 32.2. The summed E-state index contributed by atoms with van der Waals surface area (Å²) in [5.41, 5.74) is 1.64. The minimum atomic E-state index is -3.95. The van der Waals surface area contributed by atoms with Gasteiger partial charge in [-0.3, -0.25) is 9.10 Å². The molecule has 3 aromatic carbocycles. The zero-order valence-electron chi connectivity index (χ0n) is 21.4. The van der Waals surface area contributed by atoms with Gasteiger partial charge in [-0.1, -0.05) is 45.0 Å². The maximum atomic E-state index is 13.5. The van der Waals surface area contributed by atoms with E-state index in [0.717, 1.165) is 0 Å². The molecule has 3 aromatic rings. The van der Waals surface area contributed by atoms with Crippen molar-refractivity contribution < 1.29 is 27.4 Å². The molecular weight excluding hydrogens is 492 g/mol. The van der Waals surface area contributed by atoms with E-state index >= 15 is 0 Å². The fourth-order valence-electron chi connectivity index (χ4n) is 3.95. The van der Waals surface area contributed by atoms with Crippen molar-refractivity contribution in [2.45, 2.75) is 37.2 Å². The molecule has 0 spiro atoms. The normalized spacial score (nSPS) is 15.4. The summed E-state index contributed by atoms with van der Waals surface area (Å²) in [4.78, 5) is 13.0.